The van der Waals surface area contributed by atoms with Crippen molar-refractivity contribution in [3.63, 3.8) is 0 Å². The number of ether oxygens (including phenoxy) is 2. The molecule has 4 nitrogen and oxygen atoms in total. The van der Waals surface area contributed by atoms with Crippen molar-refractivity contribution in [1.82, 2.24) is 0 Å². The van der Waals surface area contributed by atoms with E-state index in [-0.39, 0.29) is 12.1 Å². The summed E-state index contributed by atoms with van der Waals surface area (Å²) in [5.74, 6) is 1.86. The molecule has 1 saturated carbocycles. The van der Waals surface area contributed by atoms with Crippen LogP contribution in [-0.2, 0) is 9.53 Å². The number of hydrogen-bond acceptors (Lipinski definition) is 4. The summed E-state index contributed by atoms with van der Waals surface area (Å²) in [6, 6.07) is 16.9. The minimum atomic E-state index is -0.350. The molecular formula is C25H31NO3. The first-order valence-electron chi connectivity index (χ1n) is 10.5. The Morgan fingerprint density at radius 2 is 1.72 bits per heavy atom. The van der Waals surface area contributed by atoms with Gasteiger partial charge in [0.25, 0.3) is 0 Å². The average Bonchev–Trinajstić information content (AvgIpc) is 2.73. The Balaban J connectivity index is 1.89. The van der Waals surface area contributed by atoms with Crippen molar-refractivity contribution < 1.29 is 14.3 Å². The fourth-order valence-electron chi connectivity index (χ4n) is 4.05. The second kappa shape index (κ2) is 9.73. The van der Waals surface area contributed by atoms with Gasteiger partial charge in [0.15, 0.2) is 5.71 Å². The van der Waals surface area contributed by atoms with E-state index in [4.69, 9.17) is 9.47 Å². The fraction of sp³-hybridized carbons (Fsp3) is 0.440. The van der Waals surface area contributed by atoms with Crippen molar-refractivity contribution in [2.75, 3.05) is 7.11 Å². The van der Waals surface area contributed by atoms with E-state index in [1.165, 1.54) is 6.42 Å². The van der Waals surface area contributed by atoms with Crippen molar-refractivity contribution >= 4 is 17.4 Å². The number of esters is 1. The lowest BCUT2D eigenvalue weighted by molar-refractivity contribution is -0.147. The zero-order valence-electron chi connectivity index (χ0n) is 17.8. The van der Waals surface area contributed by atoms with E-state index in [0.717, 1.165) is 24.2 Å². The van der Waals surface area contributed by atoms with Crippen LogP contribution < -0.4 is 4.74 Å². The lowest BCUT2D eigenvalue weighted by atomic mass is 9.75. The van der Waals surface area contributed by atoms with Crippen molar-refractivity contribution in [3.05, 3.63) is 60.2 Å². The summed E-state index contributed by atoms with van der Waals surface area (Å²) in [5.41, 5.74) is 1.80. The number of carbonyl (C=O) groups is 1. The highest BCUT2D eigenvalue weighted by molar-refractivity contribution is 6.43. The molecule has 1 aliphatic rings. The Morgan fingerprint density at radius 3 is 2.34 bits per heavy atom. The molecule has 2 aromatic carbocycles. The molecule has 154 valence electrons. The summed E-state index contributed by atoms with van der Waals surface area (Å²) in [7, 11) is 1.63. The van der Waals surface area contributed by atoms with E-state index < -0.39 is 0 Å². The molecule has 0 radical (unpaired) electrons. The van der Waals surface area contributed by atoms with Gasteiger partial charge in [-0.15, -0.1) is 0 Å². The first-order chi connectivity index (χ1) is 14.0. The Morgan fingerprint density at radius 1 is 1.03 bits per heavy atom. The van der Waals surface area contributed by atoms with E-state index in [2.05, 4.69) is 25.8 Å². The molecule has 1 fully saturated rings. The predicted octanol–water partition coefficient (Wildman–Crippen LogP) is 5.82. The summed E-state index contributed by atoms with van der Waals surface area (Å²) in [6.07, 6.45) is 3.16. The number of rotatable bonds is 6. The van der Waals surface area contributed by atoms with E-state index in [0.29, 0.717) is 29.2 Å². The van der Waals surface area contributed by atoms with Gasteiger partial charge in [0.2, 0.25) is 0 Å². The zero-order chi connectivity index (χ0) is 20.8. The van der Waals surface area contributed by atoms with Crippen molar-refractivity contribution in [3.8, 4) is 5.75 Å². The third-order valence-corrected chi connectivity index (χ3v) is 5.77. The molecule has 0 bridgehead atoms. The number of hydrogen-bond donors (Lipinski definition) is 0. The number of aliphatic imine (C=N–C) groups is 1. The van der Waals surface area contributed by atoms with Crippen LogP contribution in [0, 0.1) is 17.8 Å². The second-order valence-corrected chi connectivity index (χ2v) is 8.29. The molecule has 0 aromatic heterocycles. The fourth-order valence-corrected chi connectivity index (χ4v) is 4.05. The summed E-state index contributed by atoms with van der Waals surface area (Å²) >= 11 is 0. The Labute approximate surface area is 174 Å². The number of methoxy groups -OCH3 is 1. The van der Waals surface area contributed by atoms with E-state index in [1.54, 1.807) is 7.11 Å². The Kier molecular flexibility index (Phi) is 7.08. The molecule has 0 aliphatic heterocycles. The predicted molar refractivity (Wildman–Crippen MR) is 117 cm³/mol. The first-order valence-corrected chi connectivity index (χ1v) is 10.5. The highest BCUT2D eigenvalue weighted by Gasteiger charge is 2.34. The smallest absolute Gasteiger partial charge is 0.357 e. The average molecular weight is 394 g/mol. The van der Waals surface area contributed by atoms with Gasteiger partial charge in [-0.1, -0.05) is 57.5 Å². The van der Waals surface area contributed by atoms with Gasteiger partial charge in [-0.25, -0.2) is 9.79 Å². The normalized spacial score (nSPS) is 22.4. The van der Waals surface area contributed by atoms with Crippen molar-refractivity contribution in [2.45, 2.75) is 46.1 Å². The molecule has 0 saturated heterocycles. The van der Waals surface area contributed by atoms with Crippen LogP contribution >= 0.6 is 0 Å². The maximum Gasteiger partial charge on any atom is 0.357 e. The molecule has 0 spiro atoms. The Bertz CT molecular complexity index is 827. The largest absolute Gasteiger partial charge is 0.497 e. The molecule has 2 aromatic rings. The van der Waals surface area contributed by atoms with Gasteiger partial charge in [-0.2, -0.15) is 0 Å². The highest BCUT2D eigenvalue weighted by atomic mass is 16.5. The maximum atomic E-state index is 13.2. The van der Waals surface area contributed by atoms with Crippen LogP contribution in [0.3, 0.4) is 0 Å². The number of carbonyl (C=O) groups excluding carboxylic acids is 1. The summed E-state index contributed by atoms with van der Waals surface area (Å²) in [5, 5.41) is 0. The van der Waals surface area contributed by atoms with Crippen molar-refractivity contribution in [1.29, 1.82) is 0 Å². The monoisotopic (exact) mass is 393 g/mol. The zero-order valence-corrected chi connectivity index (χ0v) is 17.8. The topological polar surface area (TPSA) is 47.9 Å². The molecule has 29 heavy (non-hydrogen) atoms. The number of nitrogens with zero attached hydrogens (tertiary/aromatic N) is 1. The van der Waals surface area contributed by atoms with Gasteiger partial charge in [0, 0.05) is 5.56 Å². The molecule has 0 heterocycles. The van der Waals surface area contributed by atoms with Gasteiger partial charge >= 0.3 is 5.97 Å². The molecule has 3 rings (SSSR count). The third-order valence-electron chi connectivity index (χ3n) is 5.77. The van der Waals surface area contributed by atoms with E-state index in [1.807, 2.05) is 54.6 Å². The molecule has 0 amide bonds. The van der Waals surface area contributed by atoms with Crippen LogP contribution in [0.25, 0.3) is 0 Å². The summed E-state index contributed by atoms with van der Waals surface area (Å²) < 4.78 is 11.3. The summed E-state index contributed by atoms with van der Waals surface area (Å²) in [6.45, 7) is 6.66. The first kappa shape index (κ1) is 21.1. The molecular weight excluding hydrogens is 362 g/mol. The summed E-state index contributed by atoms with van der Waals surface area (Å²) in [4.78, 5) is 17.9. The lowest BCUT2D eigenvalue weighted by Gasteiger charge is -2.36. The third kappa shape index (κ3) is 5.47. The Hall–Kier alpha value is -2.62. The molecule has 1 aliphatic carbocycles. The SMILES string of the molecule is COc1ccc(N=C(C(=O)O[C@@H]2C[C@H](C)CC[C@H]2C(C)C)c2ccccc2)cc1. The van der Waals surface area contributed by atoms with Gasteiger partial charge < -0.3 is 9.47 Å². The lowest BCUT2D eigenvalue weighted by Crippen LogP contribution is -2.37. The van der Waals surface area contributed by atoms with Crippen LogP contribution in [-0.4, -0.2) is 24.9 Å². The molecule has 3 atom stereocenters. The maximum absolute atomic E-state index is 13.2. The van der Waals surface area contributed by atoms with Gasteiger partial charge in [0.1, 0.15) is 11.9 Å². The van der Waals surface area contributed by atoms with Crippen molar-refractivity contribution in [2.24, 2.45) is 22.7 Å². The van der Waals surface area contributed by atoms with Crippen LogP contribution in [0.1, 0.15) is 45.6 Å². The quantitative estimate of drug-likeness (QED) is 0.459. The molecule has 4 heteroatoms. The minimum absolute atomic E-state index is 0.0592. The van der Waals surface area contributed by atoms with Crippen LogP contribution in [0.4, 0.5) is 5.69 Å². The minimum Gasteiger partial charge on any atom is -0.497 e. The second-order valence-electron chi connectivity index (χ2n) is 8.29. The highest BCUT2D eigenvalue weighted by Crippen LogP contribution is 2.35. The number of benzene rings is 2. The molecule has 0 unspecified atom stereocenters. The molecule has 0 N–H and O–H groups in total. The van der Waals surface area contributed by atoms with Gasteiger partial charge in [-0.3, -0.25) is 0 Å². The van der Waals surface area contributed by atoms with Gasteiger partial charge in [0.05, 0.1) is 12.8 Å². The standard InChI is InChI=1S/C25H31NO3/c1-17(2)22-15-10-18(3)16-23(22)29-25(27)24(19-8-6-5-7-9-19)26-20-11-13-21(28-4)14-12-20/h5-9,11-14,17-18,22-23H,10,15-16H2,1-4H3/t18-,22+,23-/m1/s1. The van der Waals surface area contributed by atoms with E-state index >= 15 is 0 Å². The van der Waals surface area contributed by atoms with Crippen LogP contribution in [0.2, 0.25) is 0 Å². The van der Waals surface area contributed by atoms with Gasteiger partial charge in [-0.05, 0) is 54.9 Å². The van der Waals surface area contributed by atoms with Crippen LogP contribution in [0.5, 0.6) is 5.75 Å². The van der Waals surface area contributed by atoms with Crippen LogP contribution in [0.15, 0.2) is 59.6 Å². The van der Waals surface area contributed by atoms with E-state index in [9.17, 15) is 4.79 Å².